The first kappa shape index (κ1) is 15.7. The van der Waals surface area contributed by atoms with Crippen molar-refractivity contribution >= 4 is 12.0 Å². The van der Waals surface area contributed by atoms with Gasteiger partial charge in [0.05, 0.1) is 19.3 Å². The first-order valence-corrected chi connectivity index (χ1v) is 7.45. The molecule has 0 atom stereocenters. The Labute approximate surface area is 126 Å². The van der Waals surface area contributed by atoms with Gasteiger partial charge in [-0.3, -0.25) is 4.79 Å². The number of carbonyl (C=O) groups excluding carboxylic acids is 1. The molecule has 0 bridgehead atoms. The number of aliphatic hydroxyl groups is 1. The van der Waals surface area contributed by atoms with E-state index in [1.165, 1.54) is 5.56 Å². The molecule has 1 aliphatic heterocycles. The van der Waals surface area contributed by atoms with Crippen LogP contribution in [0.1, 0.15) is 24.0 Å². The number of amides is 1. The molecule has 1 heterocycles. The van der Waals surface area contributed by atoms with Crippen molar-refractivity contribution in [2.24, 2.45) is 0 Å². The quantitative estimate of drug-likeness (QED) is 0.844. The maximum atomic E-state index is 12.1. The molecule has 1 aliphatic rings. The zero-order valence-electron chi connectivity index (χ0n) is 12.5. The molecular formula is C17H23NO3. The monoisotopic (exact) mass is 289 g/mol. The van der Waals surface area contributed by atoms with Crippen molar-refractivity contribution in [2.75, 3.05) is 26.3 Å². The Morgan fingerprint density at radius 3 is 2.86 bits per heavy atom. The number of benzene rings is 1. The SMILES string of the molecule is Cc1cccc(/C=C/C(=O)N2CCC(OCCO)CC2)c1. The van der Waals surface area contributed by atoms with Crippen LogP contribution in [0.3, 0.4) is 0 Å². The van der Waals surface area contributed by atoms with E-state index < -0.39 is 0 Å². The van der Waals surface area contributed by atoms with Crippen molar-refractivity contribution in [1.29, 1.82) is 0 Å². The summed E-state index contributed by atoms with van der Waals surface area (Å²) in [7, 11) is 0. The molecule has 0 unspecified atom stereocenters. The molecule has 1 amide bonds. The van der Waals surface area contributed by atoms with Crippen LogP contribution in [-0.2, 0) is 9.53 Å². The Morgan fingerprint density at radius 1 is 1.43 bits per heavy atom. The Hall–Kier alpha value is -1.65. The van der Waals surface area contributed by atoms with E-state index in [0.29, 0.717) is 19.7 Å². The number of aryl methyl sites for hydroxylation is 1. The van der Waals surface area contributed by atoms with Crippen molar-refractivity contribution in [3.63, 3.8) is 0 Å². The van der Waals surface area contributed by atoms with Crippen LogP contribution in [0, 0.1) is 6.92 Å². The lowest BCUT2D eigenvalue weighted by Crippen LogP contribution is -2.40. The van der Waals surface area contributed by atoms with Gasteiger partial charge in [-0.2, -0.15) is 0 Å². The fraction of sp³-hybridized carbons (Fsp3) is 0.471. The number of likely N-dealkylation sites (tertiary alicyclic amines) is 1. The number of aliphatic hydroxyl groups excluding tert-OH is 1. The highest BCUT2D eigenvalue weighted by Gasteiger charge is 2.21. The molecular weight excluding hydrogens is 266 g/mol. The van der Waals surface area contributed by atoms with Crippen LogP contribution in [0.2, 0.25) is 0 Å². The summed E-state index contributed by atoms with van der Waals surface area (Å²) in [5.41, 5.74) is 2.23. The molecule has 0 spiro atoms. The fourth-order valence-corrected chi connectivity index (χ4v) is 2.51. The van der Waals surface area contributed by atoms with Gasteiger partial charge in [-0.1, -0.05) is 29.8 Å². The number of nitrogens with zero attached hydrogens (tertiary/aromatic N) is 1. The van der Waals surface area contributed by atoms with Gasteiger partial charge in [0.1, 0.15) is 0 Å². The van der Waals surface area contributed by atoms with Crippen molar-refractivity contribution in [3.05, 3.63) is 41.5 Å². The summed E-state index contributed by atoms with van der Waals surface area (Å²) in [6, 6.07) is 8.07. The molecule has 4 heteroatoms. The van der Waals surface area contributed by atoms with Gasteiger partial charge in [0.15, 0.2) is 0 Å². The predicted molar refractivity (Wildman–Crippen MR) is 82.9 cm³/mol. The maximum absolute atomic E-state index is 12.1. The molecule has 1 saturated heterocycles. The average Bonchev–Trinajstić information content (AvgIpc) is 2.51. The summed E-state index contributed by atoms with van der Waals surface area (Å²) < 4.78 is 5.50. The summed E-state index contributed by atoms with van der Waals surface area (Å²) >= 11 is 0. The second kappa shape index (κ2) is 7.96. The summed E-state index contributed by atoms with van der Waals surface area (Å²) in [5.74, 6) is 0.0529. The average molecular weight is 289 g/mol. The highest BCUT2D eigenvalue weighted by molar-refractivity contribution is 5.91. The molecule has 1 fully saturated rings. The number of hydrogen-bond donors (Lipinski definition) is 1. The minimum atomic E-state index is 0.0529. The van der Waals surface area contributed by atoms with E-state index in [1.807, 2.05) is 36.1 Å². The van der Waals surface area contributed by atoms with Gasteiger partial charge < -0.3 is 14.7 Å². The number of carbonyl (C=O) groups is 1. The smallest absolute Gasteiger partial charge is 0.246 e. The fourth-order valence-electron chi connectivity index (χ4n) is 2.51. The number of rotatable bonds is 5. The summed E-state index contributed by atoms with van der Waals surface area (Å²) in [4.78, 5) is 14.0. The van der Waals surface area contributed by atoms with Crippen LogP contribution in [0.15, 0.2) is 30.3 Å². The van der Waals surface area contributed by atoms with Crippen LogP contribution in [0.25, 0.3) is 6.08 Å². The van der Waals surface area contributed by atoms with Gasteiger partial charge in [0.25, 0.3) is 0 Å². The zero-order valence-corrected chi connectivity index (χ0v) is 12.5. The molecule has 1 aromatic rings. The second-order valence-corrected chi connectivity index (χ2v) is 5.37. The molecule has 1 N–H and O–H groups in total. The third-order valence-corrected chi connectivity index (χ3v) is 3.66. The van der Waals surface area contributed by atoms with Crippen LogP contribution < -0.4 is 0 Å². The molecule has 1 aromatic carbocycles. The Balaban J connectivity index is 1.82. The van der Waals surface area contributed by atoms with Gasteiger partial charge in [0.2, 0.25) is 5.91 Å². The minimum absolute atomic E-state index is 0.0529. The van der Waals surface area contributed by atoms with Crippen molar-refractivity contribution in [3.8, 4) is 0 Å². The Morgan fingerprint density at radius 2 is 2.19 bits per heavy atom. The maximum Gasteiger partial charge on any atom is 0.246 e. The zero-order chi connectivity index (χ0) is 15.1. The Kier molecular flexibility index (Phi) is 5.96. The highest BCUT2D eigenvalue weighted by atomic mass is 16.5. The van der Waals surface area contributed by atoms with Crippen molar-refractivity contribution in [2.45, 2.75) is 25.9 Å². The molecule has 0 aromatic heterocycles. The van der Waals surface area contributed by atoms with Crippen LogP contribution in [0.5, 0.6) is 0 Å². The van der Waals surface area contributed by atoms with Gasteiger partial charge in [-0.05, 0) is 31.4 Å². The standard InChI is InChI=1S/C17H23NO3/c1-14-3-2-4-15(13-14)5-6-17(20)18-9-7-16(8-10-18)21-12-11-19/h2-6,13,16,19H,7-12H2,1H3/b6-5+. The summed E-state index contributed by atoms with van der Waals surface area (Å²) in [6.45, 7) is 3.90. The lowest BCUT2D eigenvalue weighted by molar-refractivity contribution is -0.128. The predicted octanol–water partition coefficient (Wildman–Crippen LogP) is 2.01. The molecule has 4 nitrogen and oxygen atoms in total. The number of hydrogen-bond acceptors (Lipinski definition) is 3. The van der Waals surface area contributed by atoms with E-state index in [4.69, 9.17) is 9.84 Å². The molecule has 0 aliphatic carbocycles. The third kappa shape index (κ3) is 4.99. The van der Waals surface area contributed by atoms with E-state index in [9.17, 15) is 4.79 Å². The van der Waals surface area contributed by atoms with Crippen LogP contribution in [-0.4, -0.2) is 48.3 Å². The van der Waals surface area contributed by atoms with E-state index >= 15 is 0 Å². The highest BCUT2D eigenvalue weighted by Crippen LogP contribution is 2.14. The number of ether oxygens (including phenoxy) is 1. The van der Waals surface area contributed by atoms with E-state index in [1.54, 1.807) is 6.08 Å². The summed E-state index contributed by atoms with van der Waals surface area (Å²) in [5, 5.41) is 8.74. The van der Waals surface area contributed by atoms with Crippen LogP contribution in [0.4, 0.5) is 0 Å². The largest absolute Gasteiger partial charge is 0.394 e. The molecule has 0 saturated carbocycles. The van der Waals surface area contributed by atoms with Gasteiger partial charge in [0, 0.05) is 19.2 Å². The first-order valence-electron chi connectivity index (χ1n) is 7.45. The van der Waals surface area contributed by atoms with Crippen molar-refractivity contribution < 1.29 is 14.6 Å². The molecule has 114 valence electrons. The van der Waals surface area contributed by atoms with Gasteiger partial charge in [-0.15, -0.1) is 0 Å². The Bertz CT molecular complexity index is 491. The second-order valence-electron chi connectivity index (χ2n) is 5.37. The molecule has 0 radical (unpaired) electrons. The lowest BCUT2D eigenvalue weighted by Gasteiger charge is -2.31. The third-order valence-electron chi connectivity index (χ3n) is 3.66. The summed E-state index contributed by atoms with van der Waals surface area (Å²) in [6.07, 6.45) is 5.35. The van der Waals surface area contributed by atoms with Crippen LogP contribution >= 0.6 is 0 Å². The van der Waals surface area contributed by atoms with Gasteiger partial charge >= 0.3 is 0 Å². The van der Waals surface area contributed by atoms with Gasteiger partial charge in [-0.25, -0.2) is 0 Å². The number of piperidine rings is 1. The molecule has 21 heavy (non-hydrogen) atoms. The van der Waals surface area contributed by atoms with Crippen molar-refractivity contribution in [1.82, 2.24) is 4.90 Å². The normalized spacial score (nSPS) is 16.6. The van der Waals surface area contributed by atoms with E-state index in [-0.39, 0.29) is 18.6 Å². The molecule has 2 rings (SSSR count). The lowest BCUT2D eigenvalue weighted by atomic mass is 10.1. The topological polar surface area (TPSA) is 49.8 Å². The van der Waals surface area contributed by atoms with E-state index in [0.717, 1.165) is 18.4 Å². The first-order chi connectivity index (χ1) is 10.2. The minimum Gasteiger partial charge on any atom is -0.394 e. The van der Waals surface area contributed by atoms with E-state index in [2.05, 4.69) is 6.07 Å².